The van der Waals surface area contributed by atoms with E-state index in [9.17, 15) is 13.8 Å². The second kappa shape index (κ2) is 13.8. The number of ether oxygens (including phenoxy) is 2. The second-order valence-electron chi connectivity index (χ2n) is 14.2. The summed E-state index contributed by atoms with van der Waals surface area (Å²) in [5.41, 5.74) is 3.56. The summed E-state index contributed by atoms with van der Waals surface area (Å²) in [7, 11) is -1.75. The number of fused-ring (bicyclic) bond motifs is 4. The van der Waals surface area contributed by atoms with E-state index in [1.807, 2.05) is 32.0 Å². The Kier molecular flexibility index (Phi) is 9.64. The minimum atomic E-state index is -3.51. The Balaban J connectivity index is 1.31. The van der Waals surface area contributed by atoms with Crippen LogP contribution in [0.1, 0.15) is 75.9 Å². The predicted octanol–water partition coefficient (Wildman–Crippen LogP) is 7.17. The molecule has 3 aromatic rings. The largest absolute Gasteiger partial charge is 0.490 e. The van der Waals surface area contributed by atoms with Gasteiger partial charge in [0.2, 0.25) is 0 Å². The van der Waals surface area contributed by atoms with Crippen molar-refractivity contribution < 1.29 is 23.3 Å². The molecule has 2 aliphatic carbocycles. The highest BCUT2D eigenvalue weighted by molar-refractivity contribution is 7.92. The first-order valence-corrected chi connectivity index (χ1v) is 19.9. The zero-order valence-corrected chi connectivity index (χ0v) is 30.5. The van der Waals surface area contributed by atoms with Crippen LogP contribution < -0.4 is 14.4 Å². The minimum Gasteiger partial charge on any atom is -0.490 e. The van der Waals surface area contributed by atoms with E-state index in [2.05, 4.69) is 42.6 Å². The van der Waals surface area contributed by atoms with Crippen LogP contribution >= 0.6 is 23.1 Å². The molecule has 2 bridgehead atoms. The molecule has 0 radical (unpaired) electrons. The van der Waals surface area contributed by atoms with Crippen LogP contribution in [0, 0.1) is 24.7 Å². The lowest BCUT2D eigenvalue weighted by atomic mass is 9.68. The van der Waals surface area contributed by atoms with Gasteiger partial charge in [-0.05, 0) is 122 Å². The van der Waals surface area contributed by atoms with E-state index in [-0.39, 0.29) is 28.9 Å². The number of allylic oxidation sites excluding steroid dienone is 1. The smallest absolute Gasteiger partial charge is 0.286 e. The molecule has 1 aromatic heterocycles. The predicted molar refractivity (Wildman–Crippen MR) is 194 cm³/mol. The summed E-state index contributed by atoms with van der Waals surface area (Å²) in [4.78, 5) is 30.3. The van der Waals surface area contributed by atoms with Crippen LogP contribution in [-0.2, 0) is 26.5 Å². The van der Waals surface area contributed by atoms with Crippen LogP contribution in [0.4, 0.5) is 5.69 Å². The van der Waals surface area contributed by atoms with Crippen LogP contribution in [0.3, 0.4) is 0 Å². The Morgan fingerprint density at radius 2 is 2.06 bits per heavy atom. The molecule has 260 valence electrons. The van der Waals surface area contributed by atoms with Gasteiger partial charge in [0.25, 0.3) is 11.8 Å². The molecule has 1 N–H and O–H groups in total. The summed E-state index contributed by atoms with van der Waals surface area (Å²) in [6.07, 6.45) is 9.89. The summed E-state index contributed by atoms with van der Waals surface area (Å²) in [6, 6.07) is 13.2. The second-order valence-corrected chi connectivity index (χ2v) is 17.7. The van der Waals surface area contributed by atoms with E-state index in [1.54, 1.807) is 19.2 Å². The average Bonchev–Trinajstić information content (AvgIpc) is 3.43. The van der Waals surface area contributed by atoms with Gasteiger partial charge in [-0.1, -0.05) is 36.7 Å². The third kappa shape index (κ3) is 7.04. The van der Waals surface area contributed by atoms with Crippen LogP contribution in [0.2, 0.25) is 5.02 Å². The molecule has 1 saturated carbocycles. The van der Waals surface area contributed by atoms with Crippen molar-refractivity contribution in [3.05, 3.63) is 86.9 Å². The van der Waals surface area contributed by atoms with E-state index >= 15 is 0 Å². The van der Waals surface area contributed by atoms with Crippen molar-refractivity contribution in [1.82, 2.24) is 9.10 Å². The number of nitrogens with one attached hydrogen (secondary N) is 1. The molecule has 6 atom stereocenters. The highest BCUT2D eigenvalue weighted by Crippen LogP contribution is 2.47. The fraction of sp³-hybridized carbons (Fsp3) is 0.486. The number of aromatic nitrogens is 1. The molecular weight excluding hydrogens is 680 g/mol. The molecule has 1 unspecified atom stereocenters. The molecule has 3 heterocycles. The molecule has 0 saturated heterocycles. The fourth-order valence-electron chi connectivity index (χ4n) is 8.04. The number of methoxy groups -OCH3 is 1. The van der Waals surface area contributed by atoms with Gasteiger partial charge < -0.3 is 14.4 Å². The summed E-state index contributed by atoms with van der Waals surface area (Å²) in [5, 5.41) is 0.741. The van der Waals surface area contributed by atoms with Gasteiger partial charge in [0.05, 0.1) is 24.2 Å². The number of hydrogen-bond acceptors (Lipinski definition) is 8. The lowest BCUT2D eigenvalue weighted by Gasteiger charge is -2.46. The summed E-state index contributed by atoms with van der Waals surface area (Å²) in [5.74, 6) is 0.0542. The van der Waals surface area contributed by atoms with Crippen molar-refractivity contribution >= 4 is 50.6 Å². The van der Waals surface area contributed by atoms with Crippen LogP contribution in [-0.4, -0.2) is 59.1 Å². The van der Waals surface area contributed by atoms with E-state index in [0.29, 0.717) is 36.2 Å². The zero-order valence-electron chi connectivity index (χ0n) is 28.2. The number of anilines is 1. The Bertz CT molecular complexity index is 1920. The maximum Gasteiger partial charge on any atom is 0.286 e. The van der Waals surface area contributed by atoms with E-state index in [1.165, 1.54) is 22.7 Å². The molecule has 49 heavy (non-hydrogen) atoms. The average molecular weight is 723 g/mol. The van der Waals surface area contributed by atoms with Gasteiger partial charge in [0.15, 0.2) is 0 Å². The van der Waals surface area contributed by atoms with Gasteiger partial charge in [-0.2, -0.15) is 4.37 Å². The summed E-state index contributed by atoms with van der Waals surface area (Å²) >= 11 is 7.63. The maximum absolute atomic E-state index is 14.4. The van der Waals surface area contributed by atoms with Gasteiger partial charge in [0.1, 0.15) is 21.4 Å². The molecular formula is C37H43ClN4O5S2. The number of nitrogens with zero attached hydrogens (tertiary/aromatic N) is 3. The molecule has 9 nitrogen and oxygen atoms in total. The molecule has 2 aromatic carbocycles. The highest BCUT2D eigenvalue weighted by atomic mass is 35.5. The Morgan fingerprint density at radius 3 is 2.82 bits per heavy atom. The Labute approximate surface area is 297 Å². The topological polar surface area (TPSA) is 110 Å². The standard InChI is InChI=1S/C37H43ClN4O5S2/c1-23-6-4-8-33(46-3)29-12-9-27(29)19-42-21-37(15-5-7-25-17-28(38)11-13-30(25)37)22-47-34-14-10-26(18-32(34)42)35(43)40-49(45,20-23)41-36(44)31-16-24(2)48-39-31/h4,8,10-11,13-14,16-18,23,27,29,33H,5-7,9,12,15,19-22H2,1-3H3,(H,40,41,43,44,45)/b8-4+/t23-,27-,29+,33-,37-,49?/m0/s1. The quantitative estimate of drug-likeness (QED) is 0.286. The number of amides is 2. The number of rotatable bonds is 3. The molecule has 7 rings (SSSR count). The van der Waals surface area contributed by atoms with Crippen LogP contribution in [0.25, 0.3) is 0 Å². The number of hydrogen-bond donors (Lipinski definition) is 1. The summed E-state index contributed by atoms with van der Waals surface area (Å²) in [6.45, 7) is 5.80. The first kappa shape index (κ1) is 34.2. The van der Waals surface area contributed by atoms with Crippen LogP contribution in [0.15, 0.2) is 59.0 Å². The number of benzene rings is 2. The number of carbonyl (C=O) groups excluding carboxylic acids is 2. The number of aryl methyl sites for hydroxylation is 2. The van der Waals surface area contributed by atoms with Crippen molar-refractivity contribution in [3.63, 3.8) is 0 Å². The van der Waals surface area contributed by atoms with Crippen molar-refractivity contribution in [2.75, 3.05) is 37.5 Å². The van der Waals surface area contributed by atoms with E-state index in [4.69, 9.17) is 21.1 Å². The highest BCUT2D eigenvalue weighted by Gasteiger charge is 2.44. The van der Waals surface area contributed by atoms with Gasteiger partial charge in [-0.15, -0.1) is 4.36 Å². The number of carbonyl (C=O) groups is 2. The maximum atomic E-state index is 14.4. The third-order valence-corrected chi connectivity index (χ3v) is 13.5. The van der Waals surface area contributed by atoms with Crippen molar-refractivity contribution in [1.29, 1.82) is 0 Å². The van der Waals surface area contributed by atoms with Gasteiger partial charge >= 0.3 is 0 Å². The van der Waals surface area contributed by atoms with Gasteiger partial charge in [-0.25, -0.2) is 4.21 Å². The third-order valence-electron chi connectivity index (χ3n) is 10.6. The Hall–Kier alpha value is -3.25. The van der Waals surface area contributed by atoms with Crippen molar-refractivity contribution in [2.45, 2.75) is 63.9 Å². The van der Waals surface area contributed by atoms with Crippen LogP contribution in [0.5, 0.6) is 5.75 Å². The fourth-order valence-corrected chi connectivity index (χ4v) is 10.7. The Morgan fingerprint density at radius 1 is 1.20 bits per heavy atom. The van der Waals surface area contributed by atoms with E-state index < -0.39 is 21.7 Å². The van der Waals surface area contributed by atoms with Gasteiger partial charge in [0, 0.05) is 41.1 Å². The van der Waals surface area contributed by atoms with Crippen molar-refractivity contribution in [2.24, 2.45) is 22.1 Å². The molecule has 1 spiro atoms. The van der Waals surface area contributed by atoms with Gasteiger partial charge in [-0.3, -0.25) is 14.3 Å². The molecule has 2 aliphatic heterocycles. The minimum absolute atomic E-state index is 0.00770. The van der Waals surface area contributed by atoms with Crippen molar-refractivity contribution in [3.8, 4) is 5.75 Å². The first-order valence-electron chi connectivity index (χ1n) is 17.1. The lowest BCUT2D eigenvalue weighted by molar-refractivity contribution is 0.0131. The molecule has 12 heteroatoms. The molecule has 4 aliphatic rings. The molecule has 2 amide bonds. The normalized spacial score (nSPS) is 30.5. The zero-order chi connectivity index (χ0) is 34.3. The monoisotopic (exact) mass is 722 g/mol. The first-order chi connectivity index (χ1) is 23.5. The molecule has 1 fully saturated rings. The SMILES string of the molecule is CO[C@H]1/C=C/C[C@H](C)CS(=O)(NC(=O)c2cc(C)sn2)=NC(=O)c2ccc3c(c2)N(C[C@@H]2CC[C@H]21)C[C@@]1(CCCc2cc(Cl)ccc21)CO3. The summed E-state index contributed by atoms with van der Waals surface area (Å²) < 4.78 is 38.1. The van der Waals surface area contributed by atoms with E-state index in [0.717, 1.165) is 60.8 Å². The lowest BCUT2D eigenvalue weighted by Crippen LogP contribution is -2.49. The number of halogens is 1.